The number of benzene rings is 1. The molecule has 1 aliphatic carbocycles. The lowest BCUT2D eigenvalue weighted by Gasteiger charge is -2.14. The maximum atomic E-state index is 13.1. The van der Waals surface area contributed by atoms with E-state index in [1.807, 2.05) is 0 Å². The minimum atomic E-state index is -4.83. The summed E-state index contributed by atoms with van der Waals surface area (Å²) in [5.74, 6) is -2.08. The third-order valence-electron chi connectivity index (χ3n) is 3.80. The second-order valence-electron chi connectivity index (χ2n) is 5.54. The summed E-state index contributed by atoms with van der Waals surface area (Å²) in [6, 6.07) is 1.95. The average Bonchev–Trinajstić information content (AvgIpc) is 2.46. The van der Waals surface area contributed by atoms with E-state index in [0.29, 0.717) is 25.3 Å². The monoisotopic (exact) mass is 328 g/mol. The molecule has 1 aliphatic rings. The molecule has 0 N–H and O–H groups in total. The van der Waals surface area contributed by atoms with E-state index in [0.717, 1.165) is 25.0 Å². The fourth-order valence-corrected chi connectivity index (χ4v) is 2.59. The fraction of sp³-hybridized carbons (Fsp3) is 0.412. The van der Waals surface area contributed by atoms with Crippen LogP contribution in [0.1, 0.15) is 54.4 Å². The van der Waals surface area contributed by atoms with Crippen molar-refractivity contribution in [2.45, 2.75) is 44.7 Å². The van der Waals surface area contributed by atoms with Crippen LogP contribution in [0.2, 0.25) is 0 Å². The molecule has 0 radical (unpaired) electrons. The van der Waals surface area contributed by atoms with Gasteiger partial charge in [-0.05, 0) is 43.0 Å². The van der Waals surface area contributed by atoms with Gasteiger partial charge in [-0.3, -0.25) is 9.59 Å². The molecule has 0 heterocycles. The largest absolute Gasteiger partial charge is 0.417 e. The summed E-state index contributed by atoms with van der Waals surface area (Å²) < 4.78 is 52.0. The van der Waals surface area contributed by atoms with Gasteiger partial charge in [-0.25, -0.2) is 4.39 Å². The van der Waals surface area contributed by atoms with Gasteiger partial charge in [-0.1, -0.05) is 12.5 Å². The predicted molar refractivity (Wildman–Crippen MR) is 76.5 cm³/mol. The summed E-state index contributed by atoms with van der Waals surface area (Å²) in [5.41, 5.74) is -1.65. The first-order valence-electron chi connectivity index (χ1n) is 7.41. The highest BCUT2D eigenvalue weighted by atomic mass is 19.4. The van der Waals surface area contributed by atoms with E-state index in [9.17, 15) is 27.2 Å². The van der Waals surface area contributed by atoms with Crippen molar-refractivity contribution in [1.29, 1.82) is 0 Å². The van der Waals surface area contributed by atoms with Crippen LogP contribution < -0.4 is 0 Å². The van der Waals surface area contributed by atoms with Gasteiger partial charge >= 0.3 is 6.18 Å². The van der Waals surface area contributed by atoms with Crippen molar-refractivity contribution in [3.8, 4) is 0 Å². The van der Waals surface area contributed by atoms with Crippen molar-refractivity contribution >= 4 is 11.6 Å². The van der Waals surface area contributed by atoms with Crippen LogP contribution >= 0.6 is 0 Å². The van der Waals surface area contributed by atoms with Crippen LogP contribution in [0.25, 0.3) is 0 Å². The Hall–Kier alpha value is -1.98. The van der Waals surface area contributed by atoms with Gasteiger partial charge in [0.2, 0.25) is 0 Å². The smallest absolute Gasteiger partial charge is 0.295 e. The number of ketones is 2. The summed E-state index contributed by atoms with van der Waals surface area (Å²) >= 11 is 0. The van der Waals surface area contributed by atoms with Gasteiger partial charge in [0.05, 0.1) is 5.56 Å². The van der Waals surface area contributed by atoms with Gasteiger partial charge < -0.3 is 0 Å². The molecule has 0 aliphatic heterocycles. The molecule has 1 aromatic rings. The molecule has 6 heteroatoms. The van der Waals surface area contributed by atoms with Crippen LogP contribution in [0.3, 0.4) is 0 Å². The summed E-state index contributed by atoms with van der Waals surface area (Å²) in [6.07, 6.45) is -0.127. The van der Waals surface area contributed by atoms with Crippen molar-refractivity contribution in [1.82, 2.24) is 0 Å². The lowest BCUT2D eigenvalue weighted by molar-refractivity contribution is -0.138. The highest BCUT2D eigenvalue weighted by Crippen LogP contribution is 2.33. The SMILES string of the molecule is O=C1CCCCCC=C1CC(=O)c1ccc(F)cc1C(F)(F)F. The molecule has 0 amide bonds. The number of Topliss-reactive ketones (excluding diaryl/α,β-unsaturated/α-hetero) is 2. The number of hydrogen-bond donors (Lipinski definition) is 0. The number of halogens is 4. The Balaban J connectivity index is 2.28. The van der Waals surface area contributed by atoms with Crippen molar-refractivity contribution in [2.24, 2.45) is 0 Å². The Labute approximate surface area is 131 Å². The van der Waals surface area contributed by atoms with Crippen LogP contribution in [0, 0.1) is 5.82 Å². The number of allylic oxidation sites excluding steroid dienone is 2. The van der Waals surface area contributed by atoms with Gasteiger partial charge in [0, 0.05) is 18.4 Å². The Morgan fingerprint density at radius 2 is 1.87 bits per heavy atom. The van der Waals surface area contributed by atoms with Crippen molar-refractivity contribution in [3.05, 3.63) is 46.8 Å². The molecule has 124 valence electrons. The lowest BCUT2D eigenvalue weighted by Crippen LogP contribution is -2.16. The van der Waals surface area contributed by atoms with Gasteiger partial charge in [0.15, 0.2) is 11.6 Å². The highest BCUT2D eigenvalue weighted by Gasteiger charge is 2.35. The third-order valence-corrected chi connectivity index (χ3v) is 3.80. The molecule has 1 aromatic carbocycles. The van der Waals surface area contributed by atoms with Crippen LogP contribution in [-0.2, 0) is 11.0 Å². The van der Waals surface area contributed by atoms with Gasteiger partial charge in [0.25, 0.3) is 0 Å². The van der Waals surface area contributed by atoms with Crippen LogP contribution in [0.15, 0.2) is 29.8 Å². The topological polar surface area (TPSA) is 34.1 Å². The van der Waals surface area contributed by atoms with E-state index in [1.165, 1.54) is 0 Å². The average molecular weight is 328 g/mol. The van der Waals surface area contributed by atoms with E-state index >= 15 is 0 Å². The lowest BCUT2D eigenvalue weighted by atomic mass is 9.92. The number of hydrogen-bond acceptors (Lipinski definition) is 2. The predicted octanol–water partition coefficient (Wildman–Crippen LogP) is 4.88. The minimum absolute atomic E-state index is 0.200. The van der Waals surface area contributed by atoms with Gasteiger partial charge in [0.1, 0.15) is 5.82 Å². The second-order valence-corrected chi connectivity index (χ2v) is 5.54. The van der Waals surface area contributed by atoms with E-state index in [4.69, 9.17) is 0 Å². The van der Waals surface area contributed by atoms with E-state index in [-0.39, 0.29) is 17.8 Å². The maximum absolute atomic E-state index is 13.1. The molecule has 0 spiro atoms. The molecular weight excluding hydrogens is 312 g/mol. The van der Waals surface area contributed by atoms with Crippen molar-refractivity contribution < 1.29 is 27.2 Å². The normalized spacial score (nSPS) is 16.5. The molecule has 0 atom stereocenters. The Morgan fingerprint density at radius 1 is 1.13 bits per heavy atom. The number of carbonyl (C=O) groups is 2. The van der Waals surface area contributed by atoms with Crippen LogP contribution in [0.5, 0.6) is 0 Å². The first-order chi connectivity index (χ1) is 10.8. The van der Waals surface area contributed by atoms with E-state index in [1.54, 1.807) is 6.08 Å². The zero-order valence-electron chi connectivity index (χ0n) is 12.4. The summed E-state index contributed by atoms with van der Waals surface area (Å²) in [7, 11) is 0. The van der Waals surface area contributed by atoms with Crippen molar-refractivity contribution in [2.75, 3.05) is 0 Å². The number of alkyl halides is 3. The first-order valence-corrected chi connectivity index (χ1v) is 7.41. The molecule has 0 bridgehead atoms. The quantitative estimate of drug-likeness (QED) is 0.585. The molecule has 0 saturated heterocycles. The molecular formula is C17H16F4O2. The standard InChI is InChI=1S/C17H16F4O2/c18-12-7-8-13(14(10-12)17(19,20)21)16(23)9-11-5-3-1-2-4-6-15(11)22/h5,7-8,10H,1-4,6,9H2. The summed E-state index contributed by atoms with van der Waals surface area (Å²) in [4.78, 5) is 24.2. The molecule has 0 aromatic heterocycles. The summed E-state index contributed by atoms with van der Waals surface area (Å²) in [6.45, 7) is 0. The molecule has 2 rings (SSSR count). The zero-order valence-corrected chi connectivity index (χ0v) is 12.4. The molecule has 0 saturated carbocycles. The van der Waals surface area contributed by atoms with E-state index in [2.05, 4.69) is 0 Å². The Kier molecular flexibility index (Phi) is 5.34. The van der Waals surface area contributed by atoms with Crippen LogP contribution in [0.4, 0.5) is 17.6 Å². The molecule has 23 heavy (non-hydrogen) atoms. The second kappa shape index (κ2) is 7.06. The Morgan fingerprint density at radius 3 is 2.57 bits per heavy atom. The Bertz CT molecular complexity index is 644. The van der Waals surface area contributed by atoms with Crippen molar-refractivity contribution in [3.63, 3.8) is 0 Å². The van der Waals surface area contributed by atoms with Gasteiger partial charge in [-0.2, -0.15) is 13.2 Å². The van der Waals surface area contributed by atoms with Gasteiger partial charge in [-0.15, -0.1) is 0 Å². The number of rotatable bonds is 3. The maximum Gasteiger partial charge on any atom is 0.417 e. The zero-order chi connectivity index (χ0) is 17.0. The highest BCUT2D eigenvalue weighted by molar-refractivity contribution is 6.06. The number of carbonyl (C=O) groups excluding carboxylic acids is 2. The van der Waals surface area contributed by atoms with Crippen LogP contribution in [-0.4, -0.2) is 11.6 Å². The third kappa shape index (κ3) is 4.50. The minimum Gasteiger partial charge on any atom is -0.295 e. The van der Waals surface area contributed by atoms with E-state index < -0.39 is 28.9 Å². The fourth-order valence-electron chi connectivity index (χ4n) is 2.59. The molecule has 2 nitrogen and oxygen atoms in total. The summed E-state index contributed by atoms with van der Waals surface area (Å²) in [5, 5.41) is 0. The molecule has 0 fully saturated rings. The first kappa shape index (κ1) is 17.4. The molecule has 0 unspecified atom stereocenters.